The van der Waals surface area contributed by atoms with Gasteiger partial charge >= 0.3 is 0 Å². The summed E-state index contributed by atoms with van der Waals surface area (Å²) >= 11 is 5.05. The molecule has 0 bridgehead atoms. The summed E-state index contributed by atoms with van der Waals surface area (Å²) in [7, 11) is 0. The quantitative estimate of drug-likeness (QED) is 0.379. The average molecular weight is 464 g/mol. The van der Waals surface area contributed by atoms with Gasteiger partial charge in [0.05, 0.1) is 10.9 Å². The van der Waals surface area contributed by atoms with Crippen molar-refractivity contribution in [2.24, 2.45) is 0 Å². The van der Waals surface area contributed by atoms with Gasteiger partial charge in [0.2, 0.25) is 0 Å². The lowest BCUT2D eigenvalue weighted by atomic mass is 10.2. The summed E-state index contributed by atoms with van der Waals surface area (Å²) in [4.78, 5) is 24.5. The molecule has 1 N–H and O–H groups in total. The van der Waals surface area contributed by atoms with Gasteiger partial charge in [0, 0.05) is 20.8 Å². The first-order chi connectivity index (χ1) is 14.2. The molecule has 0 atom stereocenters. The van der Waals surface area contributed by atoms with E-state index in [1.807, 2.05) is 47.8 Å². The minimum Gasteiger partial charge on any atom is -0.489 e. The van der Waals surface area contributed by atoms with E-state index in [9.17, 15) is 4.79 Å². The fraction of sp³-hybridized carbons (Fsp3) is 0.0455. The molecule has 0 fully saturated rings. The zero-order valence-electron chi connectivity index (χ0n) is 15.1. The topological polar surface area (TPSA) is 67.9 Å². The SMILES string of the molecule is O=c1[nH]c(-c2cc3sccc3cn2)nc2ccc(OCc3ccc(Br)cc3)cc12. The Morgan fingerprint density at radius 2 is 1.93 bits per heavy atom. The molecule has 0 saturated carbocycles. The molecule has 3 aromatic heterocycles. The van der Waals surface area contributed by atoms with Crippen LogP contribution in [0, 0.1) is 0 Å². The standard InChI is InChI=1S/C22H14BrN3O2S/c23-15-3-1-13(2-4-15)12-28-16-5-6-18-17(9-16)22(27)26-21(25-18)19-10-20-14(11-24-19)7-8-29-20/h1-11H,12H2,(H,25,26,27). The molecule has 0 amide bonds. The van der Waals surface area contributed by atoms with Crippen molar-refractivity contribution in [2.45, 2.75) is 6.61 Å². The monoisotopic (exact) mass is 463 g/mol. The van der Waals surface area contributed by atoms with Gasteiger partial charge in [-0.2, -0.15) is 0 Å². The summed E-state index contributed by atoms with van der Waals surface area (Å²) in [6.45, 7) is 0.424. The Kier molecular flexibility index (Phi) is 4.61. The predicted octanol–water partition coefficient (Wildman–Crippen LogP) is 5.54. The smallest absolute Gasteiger partial charge is 0.259 e. The number of ether oxygens (including phenoxy) is 1. The Balaban J connectivity index is 1.45. The Hall–Kier alpha value is -3.03. The number of nitrogens with zero attached hydrogens (tertiary/aromatic N) is 2. The predicted molar refractivity (Wildman–Crippen MR) is 119 cm³/mol. The van der Waals surface area contributed by atoms with E-state index in [1.165, 1.54) is 0 Å². The third-order valence-corrected chi connectivity index (χ3v) is 5.98. The molecule has 0 aliphatic rings. The van der Waals surface area contributed by atoms with Crippen molar-refractivity contribution in [3.63, 3.8) is 0 Å². The highest BCUT2D eigenvalue weighted by molar-refractivity contribution is 9.10. The summed E-state index contributed by atoms with van der Waals surface area (Å²) in [6, 6.07) is 17.2. The van der Waals surface area contributed by atoms with E-state index in [0.29, 0.717) is 34.8 Å². The van der Waals surface area contributed by atoms with Gasteiger partial charge in [-0.25, -0.2) is 4.98 Å². The lowest BCUT2D eigenvalue weighted by Gasteiger charge is -2.08. The highest BCUT2D eigenvalue weighted by Crippen LogP contribution is 2.25. The van der Waals surface area contributed by atoms with Gasteiger partial charge in [0.25, 0.3) is 5.56 Å². The van der Waals surface area contributed by atoms with Crippen molar-refractivity contribution in [3.05, 3.63) is 86.6 Å². The van der Waals surface area contributed by atoms with Crippen molar-refractivity contribution in [1.29, 1.82) is 0 Å². The zero-order valence-corrected chi connectivity index (χ0v) is 17.5. The number of aromatic nitrogens is 3. The van der Waals surface area contributed by atoms with Crippen LogP contribution in [0.4, 0.5) is 0 Å². The molecular formula is C22H14BrN3O2S. The van der Waals surface area contributed by atoms with Crippen molar-refractivity contribution in [2.75, 3.05) is 0 Å². The largest absolute Gasteiger partial charge is 0.489 e. The molecule has 0 aliphatic carbocycles. The number of fused-ring (bicyclic) bond motifs is 2. The number of hydrogen-bond acceptors (Lipinski definition) is 5. The molecule has 2 aromatic carbocycles. The first-order valence-electron chi connectivity index (χ1n) is 8.91. The van der Waals surface area contributed by atoms with Crippen LogP contribution in [-0.2, 0) is 6.61 Å². The molecule has 0 unspecified atom stereocenters. The highest BCUT2D eigenvalue weighted by Gasteiger charge is 2.10. The van der Waals surface area contributed by atoms with E-state index in [1.54, 1.807) is 29.7 Å². The molecule has 0 radical (unpaired) electrons. The molecule has 5 rings (SSSR count). The summed E-state index contributed by atoms with van der Waals surface area (Å²) < 4.78 is 7.97. The summed E-state index contributed by atoms with van der Waals surface area (Å²) in [5.74, 6) is 1.08. The van der Waals surface area contributed by atoms with E-state index >= 15 is 0 Å². The number of halogens is 1. The second-order valence-electron chi connectivity index (χ2n) is 6.54. The van der Waals surface area contributed by atoms with Gasteiger partial charge in [-0.05, 0) is 53.4 Å². The van der Waals surface area contributed by atoms with E-state index < -0.39 is 0 Å². The summed E-state index contributed by atoms with van der Waals surface area (Å²) in [5, 5.41) is 3.58. The summed E-state index contributed by atoms with van der Waals surface area (Å²) in [6.07, 6.45) is 1.80. The number of benzene rings is 2. The van der Waals surface area contributed by atoms with Gasteiger partial charge < -0.3 is 9.72 Å². The molecule has 7 heteroatoms. The van der Waals surface area contributed by atoms with E-state index in [4.69, 9.17) is 4.74 Å². The molecule has 0 aliphatic heterocycles. The van der Waals surface area contributed by atoms with Crippen LogP contribution in [-0.4, -0.2) is 15.0 Å². The van der Waals surface area contributed by atoms with Crippen LogP contribution in [0.2, 0.25) is 0 Å². The van der Waals surface area contributed by atoms with Gasteiger partial charge in [-0.15, -0.1) is 11.3 Å². The number of thiophene rings is 1. The van der Waals surface area contributed by atoms with Gasteiger partial charge in [0.1, 0.15) is 18.1 Å². The lowest BCUT2D eigenvalue weighted by molar-refractivity contribution is 0.306. The van der Waals surface area contributed by atoms with Crippen molar-refractivity contribution < 1.29 is 4.74 Å². The van der Waals surface area contributed by atoms with Crippen LogP contribution in [0.3, 0.4) is 0 Å². The van der Waals surface area contributed by atoms with E-state index in [2.05, 4.69) is 30.9 Å². The van der Waals surface area contributed by atoms with E-state index in [0.717, 1.165) is 20.1 Å². The van der Waals surface area contributed by atoms with Gasteiger partial charge in [-0.1, -0.05) is 28.1 Å². The molecule has 0 saturated heterocycles. The highest BCUT2D eigenvalue weighted by atomic mass is 79.9. The molecule has 3 heterocycles. The number of H-pyrrole nitrogens is 1. The molecular weight excluding hydrogens is 450 g/mol. The number of nitrogens with one attached hydrogen (secondary N) is 1. The van der Waals surface area contributed by atoms with Crippen molar-refractivity contribution in [3.8, 4) is 17.3 Å². The third kappa shape index (κ3) is 3.66. The van der Waals surface area contributed by atoms with Gasteiger partial charge in [0.15, 0.2) is 5.82 Å². The van der Waals surface area contributed by atoms with Crippen LogP contribution < -0.4 is 10.3 Å². The number of rotatable bonds is 4. The normalized spacial score (nSPS) is 11.2. The van der Waals surface area contributed by atoms with Crippen LogP contribution in [0.5, 0.6) is 5.75 Å². The van der Waals surface area contributed by atoms with Crippen LogP contribution >= 0.6 is 27.3 Å². The molecule has 29 heavy (non-hydrogen) atoms. The van der Waals surface area contributed by atoms with Crippen molar-refractivity contribution >= 4 is 48.3 Å². The Morgan fingerprint density at radius 1 is 1.07 bits per heavy atom. The van der Waals surface area contributed by atoms with Crippen LogP contribution in [0.15, 0.2) is 75.4 Å². The Morgan fingerprint density at radius 3 is 2.79 bits per heavy atom. The number of pyridine rings is 1. The number of aromatic amines is 1. The average Bonchev–Trinajstić information content (AvgIpc) is 3.21. The zero-order chi connectivity index (χ0) is 19.8. The van der Waals surface area contributed by atoms with E-state index in [-0.39, 0.29) is 5.56 Å². The maximum absolute atomic E-state index is 12.7. The molecule has 5 nitrogen and oxygen atoms in total. The Bertz CT molecular complexity index is 1390. The molecule has 5 aromatic rings. The van der Waals surface area contributed by atoms with Crippen LogP contribution in [0.1, 0.15) is 5.56 Å². The van der Waals surface area contributed by atoms with Crippen molar-refractivity contribution in [1.82, 2.24) is 15.0 Å². The molecule has 0 spiro atoms. The first-order valence-corrected chi connectivity index (χ1v) is 10.6. The fourth-order valence-electron chi connectivity index (χ4n) is 3.06. The minimum atomic E-state index is -0.216. The lowest BCUT2D eigenvalue weighted by Crippen LogP contribution is -2.10. The maximum atomic E-state index is 12.7. The van der Waals surface area contributed by atoms with Crippen LogP contribution in [0.25, 0.3) is 32.5 Å². The first kappa shape index (κ1) is 18.0. The van der Waals surface area contributed by atoms with Gasteiger partial charge in [-0.3, -0.25) is 9.78 Å². The second-order valence-corrected chi connectivity index (χ2v) is 8.40. The minimum absolute atomic E-state index is 0.216. The second kappa shape index (κ2) is 7.42. The third-order valence-electron chi connectivity index (χ3n) is 4.58. The summed E-state index contributed by atoms with van der Waals surface area (Å²) in [5.41, 5.74) is 2.08. The molecule has 142 valence electrons. The number of hydrogen-bond donors (Lipinski definition) is 1. The fourth-order valence-corrected chi connectivity index (χ4v) is 4.12. The Labute approximate surface area is 178 Å². The maximum Gasteiger partial charge on any atom is 0.259 e.